The Labute approximate surface area is 118 Å². The lowest BCUT2D eigenvalue weighted by molar-refractivity contribution is -0.384. The first-order valence-corrected chi connectivity index (χ1v) is 6.01. The molecule has 0 spiro atoms. The summed E-state index contributed by atoms with van der Waals surface area (Å²) >= 11 is 0. The second-order valence-corrected chi connectivity index (χ2v) is 4.28. The topological polar surface area (TPSA) is 102 Å². The van der Waals surface area contributed by atoms with Gasteiger partial charge in [0.05, 0.1) is 4.92 Å². The lowest BCUT2D eigenvalue weighted by Crippen LogP contribution is -1.88. The molecule has 1 aromatic heterocycles. The third-order valence-electron chi connectivity index (χ3n) is 2.83. The molecule has 0 aliphatic rings. The van der Waals surface area contributed by atoms with Crippen LogP contribution in [0.4, 0.5) is 5.69 Å². The Balaban J connectivity index is 1.98. The zero-order chi connectivity index (χ0) is 14.8. The fourth-order valence-corrected chi connectivity index (χ4v) is 1.86. The van der Waals surface area contributed by atoms with Crippen LogP contribution >= 0.6 is 0 Å². The summed E-state index contributed by atoms with van der Waals surface area (Å²) in [5.41, 5.74) is 1.01. The molecule has 0 unspecified atom stereocenters. The standard InChI is InChI=1S/C14H9N3O4/c18-12-6-2-4-10(8-12)14-15-13(16-21-14)9-3-1-5-11(7-9)17(19)20/h1-8,18H. The van der Waals surface area contributed by atoms with Crippen molar-refractivity contribution < 1.29 is 14.6 Å². The maximum atomic E-state index is 10.8. The Bertz CT molecular complexity index is 813. The van der Waals surface area contributed by atoms with Gasteiger partial charge in [-0.3, -0.25) is 10.1 Å². The molecule has 0 saturated heterocycles. The number of nitro groups is 1. The van der Waals surface area contributed by atoms with Crippen LogP contribution in [0.3, 0.4) is 0 Å². The summed E-state index contributed by atoms with van der Waals surface area (Å²) in [6, 6.07) is 12.4. The summed E-state index contributed by atoms with van der Waals surface area (Å²) in [6.45, 7) is 0. The molecule has 7 nitrogen and oxygen atoms in total. The number of phenolic OH excluding ortho intramolecular Hbond substituents is 1. The van der Waals surface area contributed by atoms with Crippen LogP contribution in [-0.4, -0.2) is 20.2 Å². The largest absolute Gasteiger partial charge is 0.508 e. The normalized spacial score (nSPS) is 10.5. The SMILES string of the molecule is O=[N+]([O-])c1cccc(-c2noc(-c3cccc(O)c3)n2)c1. The number of phenols is 1. The number of aromatic hydroxyl groups is 1. The Morgan fingerprint density at radius 3 is 2.62 bits per heavy atom. The van der Waals surface area contributed by atoms with E-state index in [0.29, 0.717) is 11.1 Å². The van der Waals surface area contributed by atoms with E-state index in [9.17, 15) is 15.2 Å². The van der Waals surface area contributed by atoms with E-state index < -0.39 is 4.92 Å². The molecule has 7 heteroatoms. The molecule has 0 atom stereocenters. The van der Waals surface area contributed by atoms with Crippen LogP contribution in [0.25, 0.3) is 22.8 Å². The number of nitro benzene ring substituents is 1. The number of hydrogen-bond acceptors (Lipinski definition) is 6. The Morgan fingerprint density at radius 1 is 1.10 bits per heavy atom. The van der Waals surface area contributed by atoms with E-state index in [0.717, 1.165) is 0 Å². The number of non-ortho nitro benzene ring substituents is 1. The predicted octanol–water partition coefficient (Wildman–Crippen LogP) is 3.02. The number of aromatic nitrogens is 2. The first kappa shape index (κ1) is 12.8. The van der Waals surface area contributed by atoms with Gasteiger partial charge in [0.1, 0.15) is 5.75 Å². The molecule has 0 bridgehead atoms. The highest BCUT2D eigenvalue weighted by atomic mass is 16.6. The van der Waals surface area contributed by atoms with Crippen LogP contribution in [0.1, 0.15) is 0 Å². The average Bonchev–Trinajstić information content (AvgIpc) is 2.97. The molecule has 104 valence electrons. The van der Waals surface area contributed by atoms with Gasteiger partial charge in [-0.2, -0.15) is 4.98 Å². The molecule has 3 rings (SSSR count). The van der Waals surface area contributed by atoms with E-state index in [2.05, 4.69) is 10.1 Å². The van der Waals surface area contributed by atoms with Crippen molar-refractivity contribution in [2.75, 3.05) is 0 Å². The Hall–Kier alpha value is -3.22. The summed E-state index contributed by atoms with van der Waals surface area (Å²) in [6.07, 6.45) is 0. The van der Waals surface area contributed by atoms with Crippen molar-refractivity contribution in [1.29, 1.82) is 0 Å². The second kappa shape index (κ2) is 5.04. The van der Waals surface area contributed by atoms with Crippen LogP contribution in [0.5, 0.6) is 5.75 Å². The van der Waals surface area contributed by atoms with Crippen molar-refractivity contribution >= 4 is 5.69 Å². The minimum Gasteiger partial charge on any atom is -0.508 e. The summed E-state index contributed by atoms with van der Waals surface area (Å²) in [4.78, 5) is 14.5. The van der Waals surface area contributed by atoms with Gasteiger partial charge in [0.15, 0.2) is 0 Å². The summed E-state index contributed by atoms with van der Waals surface area (Å²) in [5.74, 6) is 0.562. The fraction of sp³-hybridized carbons (Fsp3) is 0. The number of rotatable bonds is 3. The van der Waals surface area contributed by atoms with Crippen molar-refractivity contribution in [3.8, 4) is 28.6 Å². The fourth-order valence-electron chi connectivity index (χ4n) is 1.86. The average molecular weight is 283 g/mol. The minimum atomic E-state index is -0.486. The number of nitrogens with zero attached hydrogens (tertiary/aromatic N) is 3. The van der Waals surface area contributed by atoms with Crippen LogP contribution in [0.2, 0.25) is 0 Å². The van der Waals surface area contributed by atoms with Crippen LogP contribution in [-0.2, 0) is 0 Å². The highest BCUT2D eigenvalue weighted by Crippen LogP contribution is 2.26. The molecule has 0 saturated carbocycles. The first-order chi connectivity index (χ1) is 10.1. The van der Waals surface area contributed by atoms with Gasteiger partial charge in [0.25, 0.3) is 11.6 Å². The summed E-state index contributed by atoms with van der Waals surface area (Å²) in [7, 11) is 0. The molecular weight excluding hydrogens is 274 g/mol. The Kier molecular flexibility index (Phi) is 3.07. The predicted molar refractivity (Wildman–Crippen MR) is 73.5 cm³/mol. The molecule has 21 heavy (non-hydrogen) atoms. The maximum absolute atomic E-state index is 10.8. The van der Waals surface area contributed by atoms with Crippen molar-refractivity contribution in [2.24, 2.45) is 0 Å². The van der Waals surface area contributed by atoms with E-state index >= 15 is 0 Å². The summed E-state index contributed by atoms with van der Waals surface area (Å²) < 4.78 is 5.12. The minimum absolute atomic E-state index is 0.0452. The molecule has 0 fully saturated rings. The molecule has 0 aliphatic carbocycles. The number of hydrogen-bond donors (Lipinski definition) is 1. The lowest BCUT2D eigenvalue weighted by Gasteiger charge is -1.95. The van der Waals surface area contributed by atoms with Crippen molar-refractivity contribution in [3.63, 3.8) is 0 Å². The van der Waals surface area contributed by atoms with Gasteiger partial charge in [-0.25, -0.2) is 0 Å². The van der Waals surface area contributed by atoms with Crippen molar-refractivity contribution in [3.05, 3.63) is 58.6 Å². The second-order valence-electron chi connectivity index (χ2n) is 4.28. The van der Waals surface area contributed by atoms with Gasteiger partial charge in [-0.1, -0.05) is 23.4 Å². The van der Waals surface area contributed by atoms with E-state index in [1.165, 1.54) is 24.3 Å². The maximum Gasteiger partial charge on any atom is 0.270 e. The molecule has 1 N–H and O–H groups in total. The molecular formula is C14H9N3O4. The van der Waals surface area contributed by atoms with Gasteiger partial charge >= 0.3 is 0 Å². The van der Waals surface area contributed by atoms with Crippen molar-refractivity contribution in [2.45, 2.75) is 0 Å². The Morgan fingerprint density at radius 2 is 1.86 bits per heavy atom. The zero-order valence-corrected chi connectivity index (χ0v) is 10.6. The van der Waals surface area contributed by atoms with E-state index in [4.69, 9.17) is 4.52 Å². The van der Waals surface area contributed by atoms with Crippen LogP contribution < -0.4 is 0 Å². The highest BCUT2D eigenvalue weighted by molar-refractivity contribution is 5.62. The molecule has 3 aromatic rings. The smallest absolute Gasteiger partial charge is 0.270 e. The zero-order valence-electron chi connectivity index (χ0n) is 10.6. The van der Waals surface area contributed by atoms with Crippen molar-refractivity contribution in [1.82, 2.24) is 10.1 Å². The monoisotopic (exact) mass is 283 g/mol. The molecule has 2 aromatic carbocycles. The van der Waals surface area contributed by atoms with Gasteiger partial charge in [-0.15, -0.1) is 0 Å². The first-order valence-electron chi connectivity index (χ1n) is 6.01. The molecule has 1 heterocycles. The molecule has 0 radical (unpaired) electrons. The third-order valence-corrected chi connectivity index (χ3v) is 2.83. The number of benzene rings is 2. The van der Waals surface area contributed by atoms with E-state index in [1.54, 1.807) is 24.3 Å². The molecule has 0 amide bonds. The van der Waals surface area contributed by atoms with Gasteiger partial charge in [-0.05, 0) is 18.2 Å². The van der Waals surface area contributed by atoms with Crippen LogP contribution in [0.15, 0.2) is 53.1 Å². The van der Waals surface area contributed by atoms with Gasteiger partial charge in [0.2, 0.25) is 5.82 Å². The van der Waals surface area contributed by atoms with E-state index in [-0.39, 0.29) is 23.2 Å². The van der Waals surface area contributed by atoms with E-state index in [1.807, 2.05) is 0 Å². The molecule has 0 aliphatic heterocycles. The van der Waals surface area contributed by atoms with Gasteiger partial charge < -0.3 is 9.63 Å². The van der Waals surface area contributed by atoms with Crippen LogP contribution in [0, 0.1) is 10.1 Å². The third kappa shape index (κ3) is 2.57. The van der Waals surface area contributed by atoms with Gasteiger partial charge in [0, 0.05) is 23.3 Å². The summed E-state index contributed by atoms with van der Waals surface area (Å²) in [5, 5.41) is 24.0. The lowest BCUT2D eigenvalue weighted by atomic mass is 10.2. The highest BCUT2D eigenvalue weighted by Gasteiger charge is 2.13. The quantitative estimate of drug-likeness (QED) is 0.585.